The first-order valence-corrected chi connectivity index (χ1v) is 9.92. The number of halogens is 3. The zero-order valence-electron chi connectivity index (χ0n) is 14.1. The summed E-state index contributed by atoms with van der Waals surface area (Å²) in [5, 5.41) is 25.1. The summed E-state index contributed by atoms with van der Waals surface area (Å²) >= 11 is 17.2. The number of nitrogens with one attached hydrogen (secondary N) is 2. The van der Waals surface area contributed by atoms with E-state index in [-0.39, 0.29) is 27.1 Å². The first kappa shape index (κ1) is 22.9. The number of aromatic carboxylic acids is 1. The van der Waals surface area contributed by atoms with Gasteiger partial charge in [-0.15, -0.1) is 0 Å². The van der Waals surface area contributed by atoms with E-state index in [1.807, 2.05) is 0 Å². The summed E-state index contributed by atoms with van der Waals surface area (Å²) in [5.74, 6) is -1.81. The van der Waals surface area contributed by atoms with Crippen molar-refractivity contribution in [1.82, 2.24) is 5.32 Å². The lowest BCUT2D eigenvalue weighted by atomic mass is 10.2. The number of hydrogen-bond acceptors (Lipinski definition) is 5. The van der Waals surface area contributed by atoms with Crippen LogP contribution in [0, 0.1) is 10.1 Å². The van der Waals surface area contributed by atoms with Crippen molar-refractivity contribution in [2.45, 2.75) is 0 Å². The van der Waals surface area contributed by atoms with Crippen molar-refractivity contribution in [2.24, 2.45) is 0 Å². The first-order valence-electron chi connectivity index (χ1n) is 7.55. The monoisotopic (exact) mass is 561 g/mol. The molecule has 0 spiro atoms. The van der Waals surface area contributed by atoms with Crippen molar-refractivity contribution < 1.29 is 19.6 Å². The van der Waals surface area contributed by atoms with Gasteiger partial charge < -0.3 is 10.4 Å². The third-order valence-corrected chi connectivity index (χ3v) is 4.96. The lowest BCUT2D eigenvalue weighted by molar-refractivity contribution is -0.384. The first-order chi connectivity index (χ1) is 13.6. The highest BCUT2D eigenvalue weighted by molar-refractivity contribution is 9.11. The molecule has 0 saturated heterocycles. The topological polar surface area (TPSA) is 122 Å². The maximum Gasteiger partial charge on any atom is 0.337 e. The molecule has 0 aliphatic heterocycles. The van der Waals surface area contributed by atoms with Gasteiger partial charge in [-0.1, -0.05) is 33.6 Å². The van der Waals surface area contributed by atoms with E-state index in [9.17, 15) is 24.8 Å². The SMILES string of the molecule is O=C(/C=C/c1ccc(Cl)c([N+](=O)[O-])c1)NC(=S)Nc1c(Br)cc(Br)cc1C(=O)O. The molecule has 1 amide bonds. The van der Waals surface area contributed by atoms with Gasteiger partial charge in [0, 0.05) is 21.1 Å². The quantitative estimate of drug-likeness (QED) is 0.203. The van der Waals surface area contributed by atoms with Gasteiger partial charge in [0.25, 0.3) is 5.69 Å². The number of hydrogen-bond donors (Lipinski definition) is 3. The van der Waals surface area contributed by atoms with E-state index in [0.29, 0.717) is 14.5 Å². The largest absolute Gasteiger partial charge is 0.478 e. The van der Waals surface area contributed by atoms with Crippen molar-refractivity contribution in [1.29, 1.82) is 0 Å². The van der Waals surface area contributed by atoms with Crippen LogP contribution >= 0.6 is 55.7 Å². The maximum absolute atomic E-state index is 12.0. The van der Waals surface area contributed by atoms with Crippen molar-refractivity contribution in [3.63, 3.8) is 0 Å². The molecule has 0 atom stereocenters. The standard InChI is InChI=1S/C17H10Br2ClN3O5S/c18-9-6-10(16(25)26)15(11(19)7-9)22-17(29)21-14(24)4-2-8-1-3-12(20)13(5-8)23(27)28/h1-7H,(H,25,26)(H2,21,22,24,29)/b4-2+. The fourth-order valence-corrected chi connectivity index (χ4v) is 3.83. The number of benzene rings is 2. The van der Waals surface area contributed by atoms with Gasteiger partial charge in [0.15, 0.2) is 5.11 Å². The molecule has 12 heteroatoms. The summed E-state index contributed by atoms with van der Waals surface area (Å²) in [6, 6.07) is 7.08. The third-order valence-electron chi connectivity index (χ3n) is 3.35. The Balaban J connectivity index is 2.10. The van der Waals surface area contributed by atoms with Crippen LogP contribution in [0.3, 0.4) is 0 Å². The molecule has 0 aliphatic carbocycles. The smallest absolute Gasteiger partial charge is 0.337 e. The van der Waals surface area contributed by atoms with Crippen LogP contribution in [0.15, 0.2) is 45.4 Å². The third kappa shape index (κ3) is 6.32. The number of amides is 1. The zero-order valence-corrected chi connectivity index (χ0v) is 18.9. The van der Waals surface area contributed by atoms with Gasteiger partial charge >= 0.3 is 5.97 Å². The average molecular weight is 564 g/mol. The Labute approximate surface area is 191 Å². The molecule has 29 heavy (non-hydrogen) atoms. The van der Waals surface area contributed by atoms with Gasteiger partial charge in [0.2, 0.25) is 5.91 Å². The van der Waals surface area contributed by atoms with E-state index in [2.05, 4.69) is 42.5 Å². The molecule has 0 fully saturated rings. The lowest BCUT2D eigenvalue weighted by Crippen LogP contribution is -2.33. The molecular weight excluding hydrogens is 554 g/mol. The van der Waals surface area contributed by atoms with E-state index < -0.39 is 16.8 Å². The Morgan fingerprint density at radius 3 is 2.55 bits per heavy atom. The van der Waals surface area contributed by atoms with E-state index in [1.54, 1.807) is 6.07 Å². The number of rotatable bonds is 5. The van der Waals surface area contributed by atoms with Crippen LogP contribution in [-0.4, -0.2) is 27.0 Å². The molecule has 0 heterocycles. The predicted octanol–water partition coefficient (Wildman–Crippen LogP) is 5.00. The van der Waals surface area contributed by atoms with E-state index >= 15 is 0 Å². The van der Waals surface area contributed by atoms with Crippen LogP contribution in [0.4, 0.5) is 11.4 Å². The highest BCUT2D eigenvalue weighted by atomic mass is 79.9. The molecule has 0 radical (unpaired) electrons. The minimum atomic E-state index is -1.19. The van der Waals surface area contributed by atoms with Crippen molar-refractivity contribution in [2.75, 3.05) is 5.32 Å². The number of anilines is 1. The number of nitro benzene ring substituents is 1. The summed E-state index contributed by atoms with van der Waals surface area (Å²) in [6.45, 7) is 0. The fraction of sp³-hybridized carbons (Fsp3) is 0. The zero-order chi connectivity index (χ0) is 21.7. The van der Waals surface area contributed by atoms with Crippen LogP contribution in [0.1, 0.15) is 15.9 Å². The average Bonchev–Trinajstić information content (AvgIpc) is 2.62. The minimum Gasteiger partial charge on any atom is -0.478 e. The predicted molar refractivity (Wildman–Crippen MR) is 120 cm³/mol. The molecule has 8 nitrogen and oxygen atoms in total. The molecule has 3 N–H and O–H groups in total. The summed E-state index contributed by atoms with van der Waals surface area (Å²) in [4.78, 5) is 33.7. The Kier molecular flexibility index (Phi) is 7.85. The molecule has 2 rings (SSSR count). The number of nitrogens with zero attached hydrogens (tertiary/aromatic N) is 1. The highest BCUT2D eigenvalue weighted by Gasteiger charge is 2.16. The second-order valence-electron chi connectivity index (χ2n) is 5.36. The van der Waals surface area contributed by atoms with Gasteiger partial charge in [0.05, 0.1) is 16.2 Å². The molecule has 0 unspecified atom stereocenters. The summed E-state index contributed by atoms with van der Waals surface area (Å²) in [7, 11) is 0. The maximum atomic E-state index is 12.0. The Hall–Kier alpha value is -2.34. The number of nitro groups is 1. The number of carboxylic acid groups (broad SMARTS) is 1. The molecule has 0 saturated carbocycles. The second-order valence-corrected chi connectivity index (χ2v) is 7.95. The van der Waals surface area contributed by atoms with Gasteiger partial charge in [-0.3, -0.25) is 20.2 Å². The summed E-state index contributed by atoms with van der Waals surface area (Å²) in [6.07, 6.45) is 2.47. The molecule has 2 aromatic rings. The summed E-state index contributed by atoms with van der Waals surface area (Å²) < 4.78 is 0.965. The van der Waals surface area contributed by atoms with Gasteiger partial charge in [-0.25, -0.2) is 4.79 Å². The molecule has 0 aliphatic rings. The number of carbonyl (C=O) groups excluding carboxylic acids is 1. The van der Waals surface area contributed by atoms with Gasteiger partial charge in [0.1, 0.15) is 5.02 Å². The highest BCUT2D eigenvalue weighted by Crippen LogP contribution is 2.31. The lowest BCUT2D eigenvalue weighted by Gasteiger charge is -2.13. The van der Waals surface area contributed by atoms with Crippen LogP contribution in [-0.2, 0) is 4.79 Å². The number of carbonyl (C=O) groups is 2. The summed E-state index contributed by atoms with van der Waals surface area (Å²) in [5.41, 5.74) is 0.210. The number of thiocarbonyl (C=S) groups is 1. The minimum absolute atomic E-state index is 0.0173. The Bertz CT molecular complexity index is 1060. The van der Waals surface area contributed by atoms with Crippen molar-refractivity contribution >= 4 is 90.1 Å². The van der Waals surface area contributed by atoms with E-state index in [1.165, 1.54) is 30.3 Å². The fourth-order valence-electron chi connectivity index (χ4n) is 2.11. The molecule has 2 aromatic carbocycles. The number of carboxylic acids is 1. The van der Waals surface area contributed by atoms with Crippen LogP contribution in [0.2, 0.25) is 5.02 Å². The molecule has 0 bridgehead atoms. The normalized spacial score (nSPS) is 10.6. The van der Waals surface area contributed by atoms with Crippen molar-refractivity contribution in [3.8, 4) is 0 Å². The van der Waals surface area contributed by atoms with Crippen LogP contribution in [0.25, 0.3) is 6.08 Å². The molecule has 0 aromatic heterocycles. The van der Waals surface area contributed by atoms with Gasteiger partial charge in [-0.2, -0.15) is 0 Å². The van der Waals surface area contributed by atoms with Crippen LogP contribution < -0.4 is 10.6 Å². The molecule has 150 valence electrons. The van der Waals surface area contributed by atoms with E-state index in [4.69, 9.17) is 23.8 Å². The van der Waals surface area contributed by atoms with Crippen LogP contribution in [0.5, 0.6) is 0 Å². The second kappa shape index (κ2) is 9.92. The van der Waals surface area contributed by atoms with E-state index in [0.717, 1.165) is 6.08 Å². The molecular formula is C17H10Br2ClN3O5S. The Morgan fingerprint density at radius 2 is 1.93 bits per heavy atom. The van der Waals surface area contributed by atoms with Crippen molar-refractivity contribution in [3.05, 3.63) is 71.6 Å². The Morgan fingerprint density at radius 1 is 1.24 bits per heavy atom. The van der Waals surface area contributed by atoms with Gasteiger partial charge in [-0.05, 0) is 58.0 Å².